The summed E-state index contributed by atoms with van der Waals surface area (Å²) in [7, 11) is 0. The van der Waals surface area contributed by atoms with E-state index in [-0.39, 0.29) is 5.78 Å². The molecule has 0 fully saturated rings. The lowest BCUT2D eigenvalue weighted by molar-refractivity contribution is -0.115. The number of hydrogen-bond donors (Lipinski definition) is 1. The molecule has 0 radical (unpaired) electrons. The van der Waals surface area contributed by atoms with Crippen LogP contribution in [0.1, 0.15) is 38.2 Å². The largest absolute Gasteiger partial charge is 0.385 e. The van der Waals surface area contributed by atoms with Crippen LogP contribution in [0.3, 0.4) is 0 Å². The zero-order valence-corrected chi connectivity index (χ0v) is 10.1. The van der Waals surface area contributed by atoms with Gasteiger partial charge in [0.15, 0.2) is 5.78 Å². The van der Waals surface area contributed by atoms with Crippen molar-refractivity contribution in [2.24, 2.45) is 0 Å². The molecular formula is C15H18O2. The fourth-order valence-corrected chi connectivity index (χ4v) is 2.34. The van der Waals surface area contributed by atoms with Crippen LogP contribution < -0.4 is 0 Å². The maximum Gasteiger partial charge on any atom is 0.155 e. The van der Waals surface area contributed by atoms with Gasteiger partial charge in [-0.25, -0.2) is 0 Å². The molecule has 2 nitrogen and oxygen atoms in total. The van der Waals surface area contributed by atoms with E-state index < -0.39 is 5.60 Å². The van der Waals surface area contributed by atoms with E-state index >= 15 is 0 Å². The Kier molecular flexibility index (Phi) is 3.43. The van der Waals surface area contributed by atoms with E-state index in [2.05, 4.69) is 0 Å². The third kappa shape index (κ3) is 3.04. The van der Waals surface area contributed by atoms with Gasteiger partial charge in [0.1, 0.15) is 0 Å². The Hall–Kier alpha value is -1.41. The van der Waals surface area contributed by atoms with E-state index in [1.54, 1.807) is 6.08 Å². The molecule has 0 aliphatic heterocycles. The standard InChI is InChI=1S/C15H18O2/c1-15(17,13-7-3-2-4-8-13)11-12-6-5-9-14(16)10-12/h2-4,7-8,10,17H,5-6,9,11H2,1H3/t15-/m0/s1. The van der Waals surface area contributed by atoms with Crippen molar-refractivity contribution in [1.82, 2.24) is 0 Å². The van der Waals surface area contributed by atoms with Crippen LogP contribution in [0, 0.1) is 0 Å². The quantitative estimate of drug-likeness (QED) is 0.866. The lowest BCUT2D eigenvalue weighted by Gasteiger charge is -2.26. The summed E-state index contributed by atoms with van der Waals surface area (Å²) in [6.45, 7) is 1.81. The smallest absolute Gasteiger partial charge is 0.155 e. The van der Waals surface area contributed by atoms with E-state index in [9.17, 15) is 9.90 Å². The molecule has 0 heterocycles. The van der Waals surface area contributed by atoms with Crippen molar-refractivity contribution in [2.45, 2.75) is 38.2 Å². The van der Waals surface area contributed by atoms with E-state index in [0.29, 0.717) is 12.8 Å². The first-order valence-corrected chi connectivity index (χ1v) is 6.08. The molecule has 1 atom stereocenters. The van der Waals surface area contributed by atoms with Gasteiger partial charge in [0, 0.05) is 12.8 Å². The van der Waals surface area contributed by atoms with Crippen molar-refractivity contribution in [3.63, 3.8) is 0 Å². The molecular weight excluding hydrogens is 212 g/mol. The average molecular weight is 230 g/mol. The molecule has 0 unspecified atom stereocenters. The molecule has 2 heteroatoms. The Labute approximate surface area is 102 Å². The van der Waals surface area contributed by atoms with Crippen molar-refractivity contribution in [1.29, 1.82) is 0 Å². The fourth-order valence-electron chi connectivity index (χ4n) is 2.34. The normalized spacial score (nSPS) is 19.6. The average Bonchev–Trinajstić information content (AvgIpc) is 2.29. The molecule has 1 aromatic rings. The molecule has 0 spiro atoms. The molecule has 0 bridgehead atoms. The summed E-state index contributed by atoms with van der Waals surface area (Å²) in [5.41, 5.74) is 1.08. The molecule has 1 aliphatic carbocycles. The third-order valence-corrected chi connectivity index (χ3v) is 3.25. The van der Waals surface area contributed by atoms with Crippen LogP contribution >= 0.6 is 0 Å². The summed E-state index contributed by atoms with van der Waals surface area (Å²) in [5.74, 6) is 0.190. The number of hydrogen-bond acceptors (Lipinski definition) is 2. The minimum absolute atomic E-state index is 0.190. The fraction of sp³-hybridized carbons (Fsp3) is 0.400. The van der Waals surface area contributed by atoms with Gasteiger partial charge in [0.2, 0.25) is 0 Å². The monoisotopic (exact) mass is 230 g/mol. The minimum atomic E-state index is -0.884. The molecule has 0 amide bonds. The molecule has 0 aromatic heterocycles. The van der Waals surface area contributed by atoms with Crippen LogP contribution in [-0.2, 0) is 10.4 Å². The number of allylic oxidation sites excluding steroid dienone is 1. The van der Waals surface area contributed by atoms with Gasteiger partial charge < -0.3 is 5.11 Å². The molecule has 0 saturated heterocycles. The molecule has 0 saturated carbocycles. The topological polar surface area (TPSA) is 37.3 Å². The van der Waals surface area contributed by atoms with Gasteiger partial charge in [0.05, 0.1) is 5.60 Å². The van der Waals surface area contributed by atoms with Crippen molar-refractivity contribution in [2.75, 3.05) is 0 Å². The Morgan fingerprint density at radius 2 is 1.94 bits per heavy atom. The first kappa shape index (κ1) is 12.1. The summed E-state index contributed by atoms with van der Waals surface area (Å²) in [5, 5.41) is 10.5. The van der Waals surface area contributed by atoms with Gasteiger partial charge in [-0.05, 0) is 31.4 Å². The Balaban J connectivity index is 2.15. The summed E-state index contributed by atoms with van der Waals surface area (Å²) in [4.78, 5) is 11.3. The highest BCUT2D eigenvalue weighted by atomic mass is 16.3. The van der Waals surface area contributed by atoms with Crippen molar-refractivity contribution in [3.8, 4) is 0 Å². The van der Waals surface area contributed by atoms with E-state index in [1.807, 2.05) is 37.3 Å². The number of ketones is 1. The predicted octanol–water partition coefficient (Wildman–Crippen LogP) is 2.96. The maximum atomic E-state index is 11.3. The number of carbonyl (C=O) groups excluding carboxylic acids is 1. The molecule has 90 valence electrons. The number of aliphatic hydroxyl groups is 1. The maximum absolute atomic E-state index is 11.3. The second kappa shape index (κ2) is 4.84. The Bertz CT molecular complexity index is 429. The van der Waals surface area contributed by atoms with Crippen LogP contribution in [0.2, 0.25) is 0 Å². The highest BCUT2D eigenvalue weighted by Crippen LogP contribution is 2.31. The van der Waals surface area contributed by atoms with Crippen LogP contribution in [0.25, 0.3) is 0 Å². The highest BCUT2D eigenvalue weighted by Gasteiger charge is 2.25. The minimum Gasteiger partial charge on any atom is -0.385 e. The van der Waals surface area contributed by atoms with Crippen LogP contribution in [0.4, 0.5) is 0 Å². The summed E-state index contributed by atoms with van der Waals surface area (Å²) >= 11 is 0. The molecule has 1 aliphatic rings. The molecule has 2 rings (SSSR count). The summed E-state index contributed by atoms with van der Waals surface area (Å²) in [6.07, 6.45) is 4.74. The van der Waals surface area contributed by atoms with Gasteiger partial charge in [0.25, 0.3) is 0 Å². The van der Waals surface area contributed by atoms with Crippen LogP contribution in [-0.4, -0.2) is 10.9 Å². The zero-order valence-electron chi connectivity index (χ0n) is 10.1. The second-order valence-electron chi connectivity index (χ2n) is 4.94. The Morgan fingerprint density at radius 1 is 1.24 bits per heavy atom. The zero-order chi connectivity index (χ0) is 12.3. The van der Waals surface area contributed by atoms with Crippen LogP contribution in [0.15, 0.2) is 42.0 Å². The predicted molar refractivity (Wildman–Crippen MR) is 67.6 cm³/mol. The van der Waals surface area contributed by atoms with E-state index in [1.165, 1.54) is 0 Å². The lowest BCUT2D eigenvalue weighted by atomic mass is 9.85. The van der Waals surface area contributed by atoms with Crippen molar-refractivity contribution in [3.05, 3.63) is 47.5 Å². The van der Waals surface area contributed by atoms with E-state index in [4.69, 9.17) is 0 Å². The van der Waals surface area contributed by atoms with Gasteiger partial charge in [-0.2, -0.15) is 0 Å². The third-order valence-electron chi connectivity index (χ3n) is 3.25. The second-order valence-corrected chi connectivity index (χ2v) is 4.94. The molecule has 17 heavy (non-hydrogen) atoms. The molecule has 1 aromatic carbocycles. The first-order valence-electron chi connectivity index (χ1n) is 6.08. The highest BCUT2D eigenvalue weighted by molar-refractivity contribution is 5.91. The van der Waals surface area contributed by atoms with Crippen LogP contribution in [0.5, 0.6) is 0 Å². The number of benzene rings is 1. The Morgan fingerprint density at radius 3 is 2.59 bits per heavy atom. The molecule has 1 N–H and O–H groups in total. The lowest BCUT2D eigenvalue weighted by Crippen LogP contribution is -2.22. The summed E-state index contributed by atoms with van der Waals surface area (Å²) in [6, 6.07) is 9.62. The van der Waals surface area contributed by atoms with Crippen molar-refractivity contribution < 1.29 is 9.90 Å². The first-order chi connectivity index (χ1) is 8.08. The van der Waals surface area contributed by atoms with Gasteiger partial charge >= 0.3 is 0 Å². The SMILES string of the molecule is C[C@](O)(CC1=CC(=O)CCC1)c1ccccc1. The van der Waals surface area contributed by atoms with Gasteiger partial charge in [-0.15, -0.1) is 0 Å². The van der Waals surface area contributed by atoms with Gasteiger partial charge in [-0.3, -0.25) is 4.79 Å². The number of carbonyl (C=O) groups is 1. The van der Waals surface area contributed by atoms with Gasteiger partial charge in [-0.1, -0.05) is 35.9 Å². The number of rotatable bonds is 3. The summed E-state index contributed by atoms with van der Waals surface area (Å²) < 4.78 is 0. The van der Waals surface area contributed by atoms with Crippen molar-refractivity contribution >= 4 is 5.78 Å². The van der Waals surface area contributed by atoms with E-state index in [0.717, 1.165) is 24.0 Å².